The number of benzene rings is 1. The third kappa shape index (κ3) is 1.70. The maximum atomic E-state index is 12.8. The summed E-state index contributed by atoms with van der Waals surface area (Å²) in [7, 11) is 1.59. The number of aromatic nitrogens is 4. The average Bonchev–Trinajstić information content (AvgIpc) is 3.06. The Hall–Kier alpha value is -3.15. The minimum Gasteiger partial charge on any atom is -0.497 e. The zero-order valence-electron chi connectivity index (χ0n) is 11.8. The molecule has 0 radical (unpaired) electrons. The highest BCUT2D eigenvalue weighted by atomic mass is 16.5. The van der Waals surface area contributed by atoms with Gasteiger partial charge in [0.15, 0.2) is 0 Å². The Kier molecular flexibility index (Phi) is 2.69. The van der Waals surface area contributed by atoms with Gasteiger partial charge < -0.3 is 9.72 Å². The van der Waals surface area contributed by atoms with E-state index in [2.05, 4.69) is 15.0 Å². The molecular formula is C16H12N4O2. The molecule has 22 heavy (non-hydrogen) atoms. The van der Waals surface area contributed by atoms with Gasteiger partial charge in [-0.1, -0.05) is 6.07 Å². The fourth-order valence-corrected chi connectivity index (χ4v) is 2.62. The third-order valence-electron chi connectivity index (χ3n) is 3.62. The molecular weight excluding hydrogens is 280 g/mol. The molecule has 4 rings (SSSR count). The van der Waals surface area contributed by atoms with Crippen LogP contribution in [0.1, 0.15) is 0 Å². The molecule has 0 spiro atoms. The summed E-state index contributed by atoms with van der Waals surface area (Å²) in [6.07, 6.45) is 3.19. The van der Waals surface area contributed by atoms with E-state index in [0.29, 0.717) is 28.1 Å². The molecule has 4 aromatic rings. The number of pyridine rings is 2. The Morgan fingerprint density at radius 1 is 1.18 bits per heavy atom. The van der Waals surface area contributed by atoms with Crippen molar-refractivity contribution in [2.24, 2.45) is 0 Å². The van der Waals surface area contributed by atoms with E-state index in [1.165, 1.54) is 6.33 Å². The van der Waals surface area contributed by atoms with Crippen LogP contribution in [0, 0.1) is 0 Å². The van der Waals surface area contributed by atoms with Crippen LogP contribution in [-0.4, -0.2) is 26.6 Å². The Bertz CT molecular complexity index is 1050. The summed E-state index contributed by atoms with van der Waals surface area (Å²) in [6, 6.07) is 11.1. The van der Waals surface area contributed by atoms with Crippen LogP contribution in [0.2, 0.25) is 0 Å². The van der Waals surface area contributed by atoms with Gasteiger partial charge in [0, 0.05) is 17.6 Å². The molecule has 0 aliphatic carbocycles. The lowest BCUT2D eigenvalue weighted by Crippen LogP contribution is -2.20. The van der Waals surface area contributed by atoms with Crippen molar-refractivity contribution in [1.29, 1.82) is 0 Å². The van der Waals surface area contributed by atoms with E-state index in [1.54, 1.807) is 23.9 Å². The zero-order chi connectivity index (χ0) is 15.1. The maximum Gasteiger partial charge on any atom is 0.282 e. The Balaban J connectivity index is 2.19. The van der Waals surface area contributed by atoms with Gasteiger partial charge in [-0.25, -0.2) is 9.97 Å². The summed E-state index contributed by atoms with van der Waals surface area (Å²) < 4.78 is 6.81. The predicted molar refractivity (Wildman–Crippen MR) is 83.5 cm³/mol. The second kappa shape index (κ2) is 4.70. The van der Waals surface area contributed by atoms with Crippen LogP contribution in [0.5, 0.6) is 5.75 Å². The highest BCUT2D eigenvalue weighted by Crippen LogP contribution is 2.22. The fourth-order valence-electron chi connectivity index (χ4n) is 2.62. The van der Waals surface area contributed by atoms with E-state index in [1.807, 2.05) is 30.3 Å². The number of nitrogens with one attached hydrogen (secondary N) is 1. The molecule has 1 N–H and O–H groups in total. The van der Waals surface area contributed by atoms with Gasteiger partial charge >= 0.3 is 0 Å². The molecule has 0 fully saturated rings. The number of ether oxygens (including phenoxy) is 1. The second-order valence-corrected chi connectivity index (χ2v) is 4.84. The number of imidazole rings is 1. The molecule has 0 aliphatic rings. The highest BCUT2D eigenvalue weighted by molar-refractivity contribution is 6.00. The number of rotatable bonds is 2. The summed E-state index contributed by atoms with van der Waals surface area (Å²) in [5.41, 5.74) is 2.17. The number of aromatic amines is 1. The van der Waals surface area contributed by atoms with Crippen molar-refractivity contribution in [3.8, 4) is 11.4 Å². The topological polar surface area (TPSA) is 72.8 Å². The average molecular weight is 292 g/mol. The molecule has 1 aromatic carbocycles. The summed E-state index contributed by atoms with van der Waals surface area (Å²) in [5, 5.41) is 0.821. The van der Waals surface area contributed by atoms with Crippen LogP contribution in [0.3, 0.4) is 0 Å². The minimum absolute atomic E-state index is 0.188. The Morgan fingerprint density at radius 2 is 2.09 bits per heavy atom. The Labute approximate surface area is 125 Å². The van der Waals surface area contributed by atoms with E-state index in [-0.39, 0.29) is 5.56 Å². The summed E-state index contributed by atoms with van der Waals surface area (Å²) in [6.45, 7) is 0. The number of hydrogen-bond acceptors (Lipinski definition) is 4. The molecule has 108 valence electrons. The number of hydrogen-bond donors (Lipinski definition) is 1. The molecule has 6 nitrogen and oxygen atoms in total. The van der Waals surface area contributed by atoms with Gasteiger partial charge in [-0.15, -0.1) is 0 Å². The van der Waals surface area contributed by atoms with Gasteiger partial charge in [-0.05, 0) is 24.3 Å². The lowest BCUT2D eigenvalue weighted by molar-refractivity contribution is 0.414. The van der Waals surface area contributed by atoms with Crippen LogP contribution < -0.4 is 10.3 Å². The molecule has 0 saturated heterocycles. The number of methoxy groups -OCH3 is 1. The lowest BCUT2D eigenvalue weighted by Gasteiger charge is -2.11. The van der Waals surface area contributed by atoms with Crippen molar-refractivity contribution in [1.82, 2.24) is 19.5 Å². The maximum absolute atomic E-state index is 12.8. The first-order valence-corrected chi connectivity index (χ1v) is 6.77. The van der Waals surface area contributed by atoms with Gasteiger partial charge in [-0.3, -0.25) is 9.36 Å². The van der Waals surface area contributed by atoms with E-state index >= 15 is 0 Å². The first-order chi connectivity index (χ1) is 10.8. The standard InChI is InChI=1S/C16H12N4O2/c1-22-11-5-2-4-10(8-11)20-15-12(6-3-7-17-15)13-14(16(20)21)19-9-18-13/h2-9H,1H3,(H,18,19). The third-order valence-corrected chi connectivity index (χ3v) is 3.62. The van der Waals surface area contributed by atoms with E-state index in [0.717, 1.165) is 5.39 Å². The van der Waals surface area contributed by atoms with Gasteiger partial charge in [0.05, 0.1) is 19.1 Å². The quantitative estimate of drug-likeness (QED) is 0.615. The van der Waals surface area contributed by atoms with Crippen LogP contribution in [0.25, 0.3) is 27.8 Å². The molecule has 0 aliphatic heterocycles. The Morgan fingerprint density at radius 3 is 2.95 bits per heavy atom. The summed E-state index contributed by atoms with van der Waals surface area (Å²) in [5.74, 6) is 0.679. The first-order valence-electron chi connectivity index (χ1n) is 6.77. The normalized spacial score (nSPS) is 11.1. The molecule has 6 heteroatoms. The van der Waals surface area contributed by atoms with Crippen molar-refractivity contribution >= 4 is 22.1 Å². The van der Waals surface area contributed by atoms with Crippen LogP contribution >= 0.6 is 0 Å². The molecule has 0 saturated carbocycles. The zero-order valence-corrected chi connectivity index (χ0v) is 11.8. The van der Waals surface area contributed by atoms with Crippen molar-refractivity contribution in [2.45, 2.75) is 0 Å². The van der Waals surface area contributed by atoms with Crippen LogP contribution in [0.4, 0.5) is 0 Å². The summed E-state index contributed by atoms with van der Waals surface area (Å²) in [4.78, 5) is 24.3. The van der Waals surface area contributed by atoms with E-state index < -0.39 is 0 Å². The van der Waals surface area contributed by atoms with Crippen molar-refractivity contribution < 1.29 is 4.74 Å². The van der Waals surface area contributed by atoms with Crippen molar-refractivity contribution in [2.75, 3.05) is 7.11 Å². The van der Waals surface area contributed by atoms with Crippen LogP contribution in [-0.2, 0) is 0 Å². The highest BCUT2D eigenvalue weighted by Gasteiger charge is 2.14. The first kappa shape index (κ1) is 12.6. The van der Waals surface area contributed by atoms with Gasteiger partial charge in [-0.2, -0.15) is 0 Å². The molecule has 0 bridgehead atoms. The number of fused-ring (bicyclic) bond motifs is 3. The SMILES string of the molecule is COc1cccc(-n2c(=O)c3[nH]cnc3c3cccnc32)c1. The van der Waals surface area contributed by atoms with Crippen molar-refractivity contribution in [3.63, 3.8) is 0 Å². The predicted octanol–water partition coefficient (Wildman–Crippen LogP) is 2.27. The van der Waals surface area contributed by atoms with Crippen molar-refractivity contribution in [3.05, 3.63) is 59.3 Å². The molecule has 0 atom stereocenters. The number of H-pyrrole nitrogens is 1. The number of nitrogens with zero attached hydrogens (tertiary/aromatic N) is 3. The molecule has 0 unspecified atom stereocenters. The summed E-state index contributed by atoms with van der Waals surface area (Å²) >= 11 is 0. The van der Waals surface area contributed by atoms with E-state index in [9.17, 15) is 4.79 Å². The molecule has 3 heterocycles. The fraction of sp³-hybridized carbons (Fsp3) is 0.0625. The smallest absolute Gasteiger partial charge is 0.282 e. The van der Waals surface area contributed by atoms with Crippen LogP contribution in [0.15, 0.2) is 53.7 Å². The van der Waals surface area contributed by atoms with Gasteiger partial charge in [0.1, 0.15) is 22.4 Å². The molecule has 0 amide bonds. The largest absolute Gasteiger partial charge is 0.497 e. The molecule has 3 aromatic heterocycles. The van der Waals surface area contributed by atoms with Gasteiger partial charge in [0.2, 0.25) is 0 Å². The van der Waals surface area contributed by atoms with E-state index in [4.69, 9.17) is 4.74 Å². The monoisotopic (exact) mass is 292 g/mol. The van der Waals surface area contributed by atoms with Gasteiger partial charge in [0.25, 0.3) is 5.56 Å². The minimum atomic E-state index is -0.188. The second-order valence-electron chi connectivity index (χ2n) is 4.84. The lowest BCUT2D eigenvalue weighted by atomic mass is 10.2.